The number of esters is 2. The summed E-state index contributed by atoms with van der Waals surface area (Å²) < 4.78 is 99.5. The van der Waals surface area contributed by atoms with E-state index in [9.17, 15) is 9.59 Å². The van der Waals surface area contributed by atoms with Crippen molar-refractivity contribution in [2.24, 2.45) is 0 Å². The van der Waals surface area contributed by atoms with Crippen LogP contribution >= 0.6 is 0 Å². The fourth-order valence-corrected chi connectivity index (χ4v) is 152. The van der Waals surface area contributed by atoms with Crippen molar-refractivity contribution in [3.8, 4) is 0 Å². The monoisotopic (exact) mass is 1360 g/mol. The fraction of sp³-hybridized carbons (Fsp3) is 0.870. The van der Waals surface area contributed by atoms with Gasteiger partial charge in [-0.2, -0.15) is 0 Å². The number of rotatable bonds is 36. The molecule has 0 aromatic rings. The Balaban J connectivity index is 10.2. The van der Waals surface area contributed by atoms with Gasteiger partial charge in [-0.3, -0.25) is 0 Å². The highest BCUT2D eigenvalue weighted by Crippen LogP contribution is 2.47. The molecule has 0 amide bonds. The van der Waals surface area contributed by atoms with Crippen molar-refractivity contribution in [2.75, 3.05) is 13.2 Å². The minimum atomic E-state index is -4.74. The van der Waals surface area contributed by atoms with E-state index in [-0.39, 0.29) is 13.2 Å². The number of carbonyl (C=O) groups excluding carboxylic acids is 2. The molecule has 0 fully saturated rings. The molecule has 0 unspecified atom stereocenters. The number of ether oxygens (including phenoxy) is 2. The van der Waals surface area contributed by atoms with E-state index in [1.54, 1.807) is 13.8 Å². The van der Waals surface area contributed by atoms with Crippen LogP contribution in [0.5, 0.6) is 0 Å². The summed E-state index contributed by atoms with van der Waals surface area (Å²) in [4.78, 5) is 26.1. The van der Waals surface area contributed by atoms with Gasteiger partial charge >= 0.3 is 30.0 Å². The second kappa shape index (κ2) is 27.4. The van der Waals surface area contributed by atoms with E-state index >= 15 is 0 Å². The first-order valence-corrected chi connectivity index (χ1v) is 78.2. The molecular weight excluding hydrogens is 1240 g/mol. The quantitative estimate of drug-likeness (QED) is 0.0253. The predicted octanol–water partition coefficient (Wildman–Crippen LogP) is 14.8. The van der Waals surface area contributed by atoms with Crippen molar-refractivity contribution < 1.29 is 64.3 Å². The van der Waals surface area contributed by atoms with E-state index in [1.165, 1.54) is 0 Å². The lowest BCUT2D eigenvalue weighted by molar-refractivity contribution is -0.139. The number of hydrogen-bond acceptors (Lipinski definition) is 15. The van der Waals surface area contributed by atoms with Gasteiger partial charge in [0, 0.05) is 11.1 Å². The largest absolute Gasteiger partial charge is 0.641 e. The molecule has 0 aromatic heterocycles. The van der Waals surface area contributed by atoms with Crippen LogP contribution in [0.4, 0.5) is 0 Å². The van der Waals surface area contributed by atoms with Gasteiger partial charge in [0.15, 0.2) is 97.9 Å². The van der Waals surface area contributed by atoms with E-state index in [4.69, 9.17) is 54.7 Å². The topological polar surface area (TPSA) is 154 Å². The normalized spacial score (nSPS) is 15.2. The van der Waals surface area contributed by atoms with Gasteiger partial charge in [0.25, 0.3) is 0 Å². The highest BCUT2D eigenvalue weighted by Gasteiger charge is 2.76. The van der Waals surface area contributed by atoms with Crippen LogP contribution in [0, 0.1) is 0 Å². The van der Waals surface area contributed by atoms with Crippen LogP contribution in [0.1, 0.15) is 26.7 Å². The van der Waals surface area contributed by atoms with E-state index in [0.29, 0.717) is 36.1 Å². The summed E-state index contributed by atoms with van der Waals surface area (Å²) in [7, 11) is -49.7. The summed E-state index contributed by atoms with van der Waals surface area (Å²) in [5.74, 6) is -0.871. The maximum absolute atomic E-state index is 13.0. The lowest BCUT2D eigenvalue weighted by Crippen LogP contribution is -2.86. The molecule has 0 spiro atoms. The molecule has 0 saturated heterocycles. The first kappa shape index (κ1) is 78.5. The van der Waals surface area contributed by atoms with Gasteiger partial charge < -0.3 is 54.7 Å². The molecule has 0 aromatic carbocycles. The summed E-state index contributed by atoms with van der Waals surface area (Å²) in [6.07, 6.45) is 0.964. The molecule has 0 aliphatic heterocycles. The van der Waals surface area contributed by atoms with Gasteiger partial charge in [-0.1, -0.05) is 13.2 Å². The molecular formula is C46H118O15Si16. The first-order valence-electron chi connectivity index (χ1n) is 27.8. The third-order valence-corrected chi connectivity index (χ3v) is 115. The lowest BCUT2D eigenvalue weighted by atomic mass is 10.4. The Bertz CT molecular complexity index is 1740. The molecule has 77 heavy (non-hydrogen) atoms. The summed E-state index contributed by atoms with van der Waals surface area (Å²) in [6.45, 7) is 82.6. The van der Waals surface area contributed by atoms with Crippen molar-refractivity contribution in [3.05, 3.63) is 24.3 Å². The van der Waals surface area contributed by atoms with Crippen LogP contribution in [-0.2, 0) is 64.3 Å². The predicted molar refractivity (Wildman–Crippen MR) is 362 cm³/mol. The fourth-order valence-electron chi connectivity index (χ4n) is 10.2. The Labute approximate surface area is 489 Å². The molecule has 0 saturated carbocycles. The lowest BCUT2D eigenvalue weighted by Gasteiger charge is -2.58. The highest BCUT2D eigenvalue weighted by molar-refractivity contribution is 7.67. The zero-order valence-corrected chi connectivity index (χ0v) is 71.8. The molecule has 0 radical (unpaired) electrons. The van der Waals surface area contributed by atoms with Gasteiger partial charge in [0.05, 0.1) is 13.2 Å². The van der Waals surface area contributed by atoms with Gasteiger partial charge in [-0.25, -0.2) is 9.59 Å². The molecule has 0 rings (SSSR count). The molecule has 456 valence electrons. The summed E-state index contributed by atoms with van der Waals surface area (Å²) in [5.41, 5.74) is 0.679. The highest BCUT2D eigenvalue weighted by atomic mass is 29.7. The SMILES string of the molecule is C=C(C)C(=O)OCCC[Si](O[Si](O[Si](C)(C)C)(O[Si](C)(C)C)O[Si](O[Si](C)(C)C)(O[Si](C)(C)C)O[Si](CCCOC(=O)C(=C)C)([Si](C)(C)O[Si](C)(C)C)[Si](C)(C)O[Si](C)(C)C)([Si](C)(C)O[Si](C)(C)C)[Si](C)(C)O[Si](C)(C)C. The standard InChI is InChI=1S/C46H118O15Si16/c1-43(2)45(47)49-39-37-41-74(70(29,30)51-62(5,6)7,71(31,32)52-63(8,9)10)59-76(55-66(17,18)19,56-67(20,21)22)61-77(57-68(23,24)25,58-69(26,27)28)60-75(72(33,34)53-64(11,12)13,73(35,36)54-65(14,15)16)42-38-40-50-46(48)44(3)4/h1,3,37-42H2,2,4-36H3. The molecule has 0 atom stereocenters. The minimum Gasteiger partial charge on any atom is -0.462 e. The average Bonchev–Trinajstić information content (AvgIpc) is 3.06. The second-order valence-corrected chi connectivity index (χ2v) is 119. The van der Waals surface area contributed by atoms with Crippen LogP contribution < -0.4 is 0 Å². The third-order valence-electron chi connectivity index (χ3n) is 11.2. The van der Waals surface area contributed by atoms with Gasteiger partial charge in [-0.15, -0.1) is 0 Å². The van der Waals surface area contributed by atoms with Gasteiger partial charge in [0.1, 0.15) is 0 Å². The third kappa shape index (κ3) is 27.1. The van der Waals surface area contributed by atoms with Crippen molar-refractivity contribution in [1.82, 2.24) is 0 Å². The van der Waals surface area contributed by atoms with Crippen LogP contribution in [0.2, 0.25) is 222 Å². The van der Waals surface area contributed by atoms with Crippen molar-refractivity contribution >= 4 is 143 Å². The van der Waals surface area contributed by atoms with E-state index in [1.807, 2.05) is 0 Å². The first-order chi connectivity index (χ1) is 33.4. The summed E-state index contributed by atoms with van der Waals surface area (Å²) in [6, 6.07) is 1.06. The Hall–Kier alpha value is 1.45. The van der Waals surface area contributed by atoms with Crippen LogP contribution in [0.15, 0.2) is 24.3 Å². The summed E-state index contributed by atoms with van der Waals surface area (Å²) >= 11 is 0. The molecule has 0 heterocycles. The smallest absolute Gasteiger partial charge is 0.462 e. The molecule has 0 N–H and O–H groups in total. The Morgan fingerprint density at radius 2 is 0.468 bits per heavy atom. The Morgan fingerprint density at radius 3 is 0.623 bits per heavy atom. The maximum atomic E-state index is 13.0. The molecule has 15 nitrogen and oxygen atoms in total. The second-order valence-electron chi connectivity index (χ2n) is 30.8. The van der Waals surface area contributed by atoms with Crippen molar-refractivity contribution in [2.45, 2.75) is 248 Å². The van der Waals surface area contributed by atoms with Crippen molar-refractivity contribution in [1.29, 1.82) is 0 Å². The van der Waals surface area contributed by atoms with E-state index < -0.39 is 143 Å². The minimum absolute atomic E-state index is 0.153. The van der Waals surface area contributed by atoms with Crippen LogP contribution in [0.3, 0.4) is 0 Å². The van der Waals surface area contributed by atoms with E-state index in [0.717, 1.165) is 0 Å². The van der Waals surface area contributed by atoms with E-state index in [2.05, 4.69) is 223 Å². The van der Waals surface area contributed by atoms with Crippen LogP contribution in [0.25, 0.3) is 0 Å². The number of hydrogen-bond donors (Lipinski definition) is 0. The van der Waals surface area contributed by atoms with Gasteiger partial charge in [-0.05, 0) is 248 Å². The molecule has 31 heteroatoms. The zero-order valence-electron chi connectivity index (χ0n) is 55.8. The number of carbonyl (C=O) groups is 2. The van der Waals surface area contributed by atoms with Gasteiger partial charge in [0.2, 0.25) is 14.7 Å². The van der Waals surface area contributed by atoms with Crippen molar-refractivity contribution in [3.63, 3.8) is 0 Å². The molecule has 0 bridgehead atoms. The average molecular weight is 1360 g/mol. The summed E-state index contributed by atoms with van der Waals surface area (Å²) in [5, 5.41) is 0. The maximum Gasteiger partial charge on any atom is 0.641 e. The molecule has 0 aliphatic rings. The Kier molecular flexibility index (Phi) is 28.0. The van der Waals surface area contributed by atoms with Crippen LogP contribution in [-0.4, -0.2) is 156 Å². The molecule has 0 aliphatic carbocycles. The zero-order chi connectivity index (χ0) is 61.7. The Morgan fingerprint density at radius 1 is 0.286 bits per heavy atom.